The summed E-state index contributed by atoms with van der Waals surface area (Å²) in [6, 6.07) is 19.1. The molecule has 0 bridgehead atoms. The van der Waals surface area contributed by atoms with E-state index in [1.54, 1.807) is 59.4 Å². The molecular weight excluding hydrogens is 431 g/mol. The molecule has 0 aliphatic carbocycles. The van der Waals surface area contributed by atoms with Crippen molar-refractivity contribution in [3.63, 3.8) is 0 Å². The van der Waals surface area contributed by atoms with Crippen molar-refractivity contribution >= 4 is 21.4 Å². The normalized spacial score (nSPS) is 11.5. The maximum atomic E-state index is 13.9. The Morgan fingerprint density at radius 2 is 1.66 bits per heavy atom. The second kappa shape index (κ2) is 7.82. The lowest BCUT2D eigenvalue weighted by Gasteiger charge is -2.09. The predicted octanol–water partition coefficient (Wildman–Crippen LogP) is 3.79. The number of fused-ring (bicyclic) bond motifs is 1. The smallest absolute Gasteiger partial charge is 0.264 e. The molecular formula is C22H15FN6O2S. The van der Waals surface area contributed by atoms with Gasteiger partial charge in [0.1, 0.15) is 10.7 Å². The highest BCUT2D eigenvalue weighted by molar-refractivity contribution is 7.92. The lowest BCUT2D eigenvalue weighted by molar-refractivity contribution is 0.570. The van der Waals surface area contributed by atoms with Crippen molar-refractivity contribution in [2.75, 3.05) is 4.72 Å². The largest absolute Gasteiger partial charge is 0.280 e. The summed E-state index contributed by atoms with van der Waals surface area (Å²) in [5.41, 5.74) is 3.07. The molecule has 2 aromatic carbocycles. The molecule has 1 N–H and O–H groups in total. The van der Waals surface area contributed by atoms with Gasteiger partial charge in [0, 0.05) is 29.2 Å². The quantitative estimate of drug-likeness (QED) is 0.441. The van der Waals surface area contributed by atoms with Gasteiger partial charge in [-0.3, -0.25) is 9.71 Å². The summed E-state index contributed by atoms with van der Waals surface area (Å²) in [4.78, 5) is 3.70. The van der Waals surface area contributed by atoms with E-state index >= 15 is 0 Å². The minimum Gasteiger partial charge on any atom is -0.280 e. The van der Waals surface area contributed by atoms with Crippen LogP contribution >= 0.6 is 0 Å². The zero-order valence-electron chi connectivity index (χ0n) is 16.4. The lowest BCUT2D eigenvalue weighted by atomic mass is 10.1. The molecule has 0 fully saturated rings. The number of nitrogens with zero attached hydrogens (tertiary/aromatic N) is 5. The van der Waals surface area contributed by atoms with Gasteiger partial charge in [-0.15, -0.1) is 10.2 Å². The zero-order chi connectivity index (χ0) is 22.1. The Kier molecular flexibility index (Phi) is 4.83. The van der Waals surface area contributed by atoms with Crippen LogP contribution in [-0.2, 0) is 10.0 Å². The third-order valence-corrected chi connectivity index (χ3v) is 6.16. The van der Waals surface area contributed by atoms with E-state index in [1.165, 1.54) is 18.2 Å². The van der Waals surface area contributed by atoms with Crippen molar-refractivity contribution in [2.24, 2.45) is 0 Å². The molecule has 32 heavy (non-hydrogen) atoms. The van der Waals surface area contributed by atoms with E-state index in [0.717, 1.165) is 17.2 Å². The second-order valence-corrected chi connectivity index (χ2v) is 8.52. The van der Waals surface area contributed by atoms with Crippen LogP contribution in [0.5, 0.6) is 0 Å². The summed E-state index contributed by atoms with van der Waals surface area (Å²) >= 11 is 0. The third-order valence-electron chi connectivity index (χ3n) is 4.74. The number of anilines is 1. The van der Waals surface area contributed by atoms with Crippen molar-refractivity contribution < 1.29 is 12.8 Å². The number of hydrogen-bond acceptors (Lipinski definition) is 6. The van der Waals surface area contributed by atoms with Crippen LogP contribution in [0.2, 0.25) is 0 Å². The Bertz CT molecular complexity index is 1520. The van der Waals surface area contributed by atoms with E-state index in [-0.39, 0.29) is 0 Å². The van der Waals surface area contributed by atoms with Crippen molar-refractivity contribution in [1.29, 1.82) is 0 Å². The summed E-state index contributed by atoms with van der Waals surface area (Å²) in [6.07, 6.45) is 3.36. The van der Waals surface area contributed by atoms with Crippen LogP contribution in [0.3, 0.4) is 0 Å². The molecule has 10 heteroatoms. The van der Waals surface area contributed by atoms with Gasteiger partial charge in [0.2, 0.25) is 0 Å². The van der Waals surface area contributed by atoms with Gasteiger partial charge in [-0.05, 0) is 48.5 Å². The molecule has 0 saturated heterocycles. The van der Waals surface area contributed by atoms with Crippen molar-refractivity contribution in [1.82, 2.24) is 24.8 Å². The number of rotatable bonds is 5. The van der Waals surface area contributed by atoms with Crippen LogP contribution < -0.4 is 4.72 Å². The van der Waals surface area contributed by atoms with Crippen LogP contribution in [-0.4, -0.2) is 33.2 Å². The summed E-state index contributed by atoms with van der Waals surface area (Å²) in [7, 11) is -4.05. The maximum absolute atomic E-state index is 13.9. The number of aromatic nitrogens is 5. The fourth-order valence-corrected chi connectivity index (χ4v) is 4.34. The minimum absolute atomic E-state index is 0.304. The maximum Gasteiger partial charge on any atom is 0.264 e. The molecule has 158 valence electrons. The van der Waals surface area contributed by atoms with E-state index < -0.39 is 20.7 Å². The fourth-order valence-electron chi connectivity index (χ4n) is 3.20. The Morgan fingerprint density at radius 3 is 2.41 bits per heavy atom. The molecule has 0 radical (unpaired) electrons. The summed E-state index contributed by atoms with van der Waals surface area (Å²) in [5.74, 6) is -0.253. The van der Waals surface area contributed by atoms with Crippen molar-refractivity contribution in [2.45, 2.75) is 4.90 Å². The van der Waals surface area contributed by atoms with Gasteiger partial charge in [-0.1, -0.05) is 24.3 Å². The number of sulfonamides is 1. The Morgan fingerprint density at radius 1 is 0.844 bits per heavy atom. The molecule has 0 saturated carbocycles. The summed E-state index contributed by atoms with van der Waals surface area (Å²) in [5, 5.41) is 13.0. The number of nitrogens with one attached hydrogen (secondary N) is 1. The van der Waals surface area contributed by atoms with Gasteiger partial charge in [-0.2, -0.15) is 9.61 Å². The first-order valence-corrected chi connectivity index (χ1v) is 11.0. The van der Waals surface area contributed by atoms with Gasteiger partial charge in [-0.25, -0.2) is 12.8 Å². The third kappa shape index (κ3) is 3.67. The van der Waals surface area contributed by atoms with E-state index in [0.29, 0.717) is 22.9 Å². The highest BCUT2D eigenvalue weighted by Crippen LogP contribution is 2.24. The van der Waals surface area contributed by atoms with E-state index in [9.17, 15) is 12.8 Å². The molecule has 0 atom stereocenters. The topological polar surface area (TPSA) is 102 Å². The number of benzene rings is 2. The van der Waals surface area contributed by atoms with Crippen LogP contribution in [0.25, 0.3) is 28.3 Å². The molecule has 5 aromatic rings. The SMILES string of the molecule is O=S(=O)(Nc1ccc(-c2ccc3nnc(-c4cccnc4)n3n2)cc1)c1ccccc1F. The van der Waals surface area contributed by atoms with Gasteiger partial charge >= 0.3 is 0 Å². The summed E-state index contributed by atoms with van der Waals surface area (Å²) < 4.78 is 42.9. The highest BCUT2D eigenvalue weighted by Gasteiger charge is 2.18. The van der Waals surface area contributed by atoms with E-state index in [2.05, 4.69) is 25.0 Å². The molecule has 5 rings (SSSR count). The molecule has 0 aliphatic rings. The Balaban J connectivity index is 1.45. The second-order valence-electron chi connectivity index (χ2n) is 6.87. The fraction of sp³-hybridized carbons (Fsp3) is 0. The van der Waals surface area contributed by atoms with Gasteiger partial charge in [0.25, 0.3) is 10.0 Å². The molecule has 0 amide bonds. The minimum atomic E-state index is -4.05. The number of pyridine rings is 1. The van der Waals surface area contributed by atoms with Gasteiger partial charge in [0.15, 0.2) is 11.5 Å². The van der Waals surface area contributed by atoms with Crippen LogP contribution in [0.15, 0.2) is 90.1 Å². The molecule has 3 aromatic heterocycles. The molecule has 0 spiro atoms. The van der Waals surface area contributed by atoms with Crippen molar-refractivity contribution in [3.8, 4) is 22.6 Å². The highest BCUT2D eigenvalue weighted by atomic mass is 32.2. The van der Waals surface area contributed by atoms with Crippen LogP contribution in [0.4, 0.5) is 10.1 Å². The first-order valence-electron chi connectivity index (χ1n) is 9.52. The van der Waals surface area contributed by atoms with E-state index in [4.69, 9.17) is 0 Å². The average Bonchev–Trinajstić information content (AvgIpc) is 3.23. The van der Waals surface area contributed by atoms with Gasteiger partial charge in [0.05, 0.1) is 5.69 Å². The standard InChI is InChI=1S/C22H15FN6O2S/c23-18-5-1-2-6-20(18)32(30,31)28-17-9-7-15(8-10-17)19-11-12-21-25-26-22(29(21)27-19)16-4-3-13-24-14-16/h1-14,28H. The number of hydrogen-bond donors (Lipinski definition) is 1. The molecule has 0 aliphatic heterocycles. The van der Waals surface area contributed by atoms with Gasteiger partial charge < -0.3 is 0 Å². The summed E-state index contributed by atoms with van der Waals surface area (Å²) in [6.45, 7) is 0. The first kappa shape index (κ1) is 19.8. The Hall–Kier alpha value is -4.18. The van der Waals surface area contributed by atoms with Crippen LogP contribution in [0, 0.1) is 5.82 Å². The first-order chi connectivity index (χ1) is 15.5. The Labute approximate surface area is 182 Å². The van der Waals surface area contributed by atoms with E-state index in [1.807, 2.05) is 6.07 Å². The van der Waals surface area contributed by atoms with Crippen LogP contribution in [0.1, 0.15) is 0 Å². The average molecular weight is 446 g/mol. The van der Waals surface area contributed by atoms with Crippen molar-refractivity contribution in [3.05, 3.63) is 91.0 Å². The number of halogens is 1. The predicted molar refractivity (Wildman–Crippen MR) is 117 cm³/mol. The monoisotopic (exact) mass is 446 g/mol. The lowest BCUT2D eigenvalue weighted by Crippen LogP contribution is -2.14. The molecule has 8 nitrogen and oxygen atoms in total. The molecule has 0 unspecified atom stereocenters. The zero-order valence-corrected chi connectivity index (χ0v) is 17.2. The molecule has 3 heterocycles.